The Hall–Kier alpha value is -2.63. The third kappa shape index (κ3) is 3.32. The van der Waals surface area contributed by atoms with Crippen molar-refractivity contribution in [3.63, 3.8) is 0 Å². The van der Waals surface area contributed by atoms with Gasteiger partial charge in [-0.25, -0.2) is 4.98 Å². The number of fused-ring (bicyclic) bond motifs is 1. The Labute approximate surface area is 141 Å². The van der Waals surface area contributed by atoms with Gasteiger partial charge in [-0.1, -0.05) is 18.7 Å². The van der Waals surface area contributed by atoms with Gasteiger partial charge in [0, 0.05) is 18.7 Å². The predicted octanol–water partition coefficient (Wildman–Crippen LogP) is 1.85. The molecule has 1 saturated heterocycles. The lowest BCUT2D eigenvalue weighted by atomic mass is 10.3. The van der Waals surface area contributed by atoms with E-state index in [0.29, 0.717) is 11.4 Å². The number of hydrogen-bond acceptors (Lipinski definition) is 3. The molecule has 0 unspecified atom stereocenters. The topological polar surface area (TPSA) is 67.2 Å². The number of hydrogen-bond donors (Lipinski definition) is 1. The van der Waals surface area contributed by atoms with Crippen molar-refractivity contribution in [1.82, 2.24) is 19.8 Å². The first kappa shape index (κ1) is 16.2. The second-order valence-corrected chi connectivity index (χ2v) is 6.15. The third-order valence-corrected chi connectivity index (χ3v) is 4.28. The van der Waals surface area contributed by atoms with E-state index in [9.17, 15) is 9.59 Å². The van der Waals surface area contributed by atoms with Gasteiger partial charge in [-0.3, -0.25) is 9.59 Å². The van der Waals surface area contributed by atoms with Crippen LogP contribution in [0.25, 0.3) is 11.0 Å². The fourth-order valence-corrected chi connectivity index (χ4v) is 2.95. The summed E-state index contributed by atoms with van der Waals surface area (Å²) in [5.41, 5.74) is 2.18. The van der Waals surface area contributed by atoms with Crippen molar-refractivity contribution < 1.29 is 9.59 Å². The minimum absolute atomic E-state index is 0.100. The highest BCUT2D eigenvalue weighted by Gasteiger charge is 2.21. The number of aromatic nitrogens is 2. The van der Waals surface area contributed by atoms with Crippen LogP contribution in [0.4, 0.5) is 0 Å². The summed E-state index contributed by atoms with van der Waals surface area (Å²) in [5, 5.41) is 2.80. The van der Waals surface area contributed by atoms with E-state index in [2.05, 4.69) is 16.9 Å². The van der Waals surface area contributed by atoms with Crippen LogP contribution in [0.2, 0.25) is 0 Å². The summed E-state index contributed by atoms with van der Waals surface area (Å²) in [6.45, 7) is 7.47. The molecule has 0 radical (unpaired) electrons. The van der Waals surface area contributed by atoms with Crippen molar-refractivity contribution >= 4 is 22.8 Å². The van der Waals surface area contributed by atoms with Gasteiger partial charge in [-0.15, -0.1) is 0 Å². The van der Waals surface area contributed by atoms with Crippen molar-refractivity contribution in [1.29, 1.82) is 0 Å². The van der Waals surface area contributed by atoms with Gasteiger partial charge in [0.2, 0.25) is 11.8 Å². The van der Waals surface area contributed by atoms with E-state index in [-0.39, 0.29) is 24.9 Å². The Kier molecular flexibility index (Phi) is 4.64. The van der Waals surface area contributed by atoms with Gasteiger partial charge in [0.05, 0.1) is 17.6 Å². The van der Waals surface area contributed by atoms with Crippen LogP contribution in [0.5, 0.6) is 0 Å². The monoisotopic (exact) mass is 326 g/mol. The smallest absolute Gasteiger partial charge is 0.246 e. The number of amides is 2. The number of nitrogens with one attached hydrogen (secondary N) is 1. The molecule has 126 valence electrons. The summed E-state index contributed by atoms with van der Waals surface area (Å²) < 4.78 is 1.90. The summed E-state index contributed by atoms with van der Waals surface area (Å²) >= 11 is 0. The first-order valence-corrected chi connectivity index (χ1v) is 8.22. The van der Waals surface area contributed by atoms with Gasteiger partial charge in [0.25, 0.3) is 0 Å². The molecule has 3 rings (SSSR count). The molecule has 6 nitrogen and oxygen atoms in total. The van der Waals surface area contributed by atoms with E-state index >= 15 is 0 Å². The van der Waals surface area contributed by atoms with E-state index < -0.39 is 0 Å². The van der Waals surface area contributed by atoms with Gasteiger partial charge in [-0.05, 0) is 31.9 Å². The molecule has 2 heterocycles. The average molecular weight is 326 g/mol. The second-order valence-electron chi connectivity index (χ2n) is 6.15. The molecule has 6 heteroatoms. The van der Waals surface area contributed by atoms with Gasteiger partial charge in [-0.2, -0.15) is 0 Å². The lowest BCUT2D eigenvalue weighted by Crippen LogP contribution is -2.32. The molecule has 0 bridgehead atoms. The van der Waals surface area contributed by atoms with Gasteiger partial charge in [0.1, 0.15) is 12.4 Å². The van der Waals surface area contributed by atoms with Crippen molar-refractivity contribution in [3.05, 3.63) is 42.2 Å². The van der Waals surface area contributed by atoms with E-state index in [1.54, 1.807) is 6.92 Å². The van der Waals surface area contributed by atoms with Crippen LogP contribution in [0, 0.1) is 0 Å². The molecule has 24 heavy (non-hydrogen) atoms. The standard InChI is InChI=1S/C18H22N4O2/c1-13(2)18(24)19-11-16-20-14-7-3-4-8-15(14)22(16)12-17(23)21-9-5-6-10-21/h3-4,7-8H,1,5-6,9-12H2,2H3,(H,19,24). The Morgan fingerprint density at radius 2 is 1.96 bits per heavy atom. The SMILES string of the molecule is C=C(C)C(=O)NCc1nc2ccccc2n1CC(=O)N1CCCC1. The van der Waals surface area contributed by atoms with Crippen molar-refractivity contribution in [2.75, 3.05) is 13.1 Å². The molecule has 1 fully saturated rings. The van der Waals surface area contributed by atoms with Crippen LogP contribution in [-0.2, 0) is 22.7 Å². The third-order valence-electron chi connectivity index (χ3n) is 4.28. The Balaban J connectivity index is 1.85. The highest BCUT2D eigenvalue weighted by atomic mass is 16.2. The molecule has 2 aromatic rings. The number of carbonyl (C=O) groups is 2. The van der Waals surface area contributed by atoms with E-state index in [0.717, 1.165) is 37.0 Å². The van der Waals surface area contributed by atoms with E-state index in [1.165, 1.54) is 0 Å². The number of para-hydroxylation sites is 2. The molecule has 1 N–H and O–H groups in total. The minimum atomic E-state index is -0.209. The maximum atomic E-state index is 12.5. The van der Waals surface area contributed by atoms with Gasteiger partial charge < -0.3 is 14.8 Å². The largest absolute Gasteiger partial charge is 0.345 e. The number of benzene rings is 1. The molecule has 0 aliphatic carbocycles. The number of nitrogens with zero attached hydrogens (tertiary/aromatic N) is 3. The van der Waals surface area contributed by atoms with Crippen LogP contribution in [0.3, 0.4) is 0 Å². The summed E-state index contributed by atoms with van der Waals surface area (Å²) in [4.78, 5) is 30.7. The minimum Gasteiger partial charge on any atom is -0.345 e. The highest BCUT2D eigenvalue weighted by Crippen LogP contribution is 2.17. The molecular weight excluding hydrogens is 304 g/mol. The molecule has 1 aliphatic heterocycles. The molecule has 1 aromatic carbocycles. The highest BCUT2D eigenvalue weighted by molar-refractivity contribution is 5.92. The Bertz CT molecular complexity index is 787. The van der Waals surface area contributed by atoms with E-state index in [1.807, 2.05) is 33.7 Å². The van der Waals surface area contributed by atoms with Crippen LogP contribution >= 0.6 is 0 Å². The Morgan fingerprint density at radius 1 is 1.25 bits per heavy atom. The fraction of sp³-hybridized carbons (Fsp3) is 0.389. The Morgan fingerprint density at radius 3 is 2.67 bits per heavy atom. The maximum absolute atomic E-state index is 12.5. The normalized spacial score (nSPS) is 14.1. The zero-order valence-corrected chi connectivity index (χ0v) is 13.9. The number of rotatable bonds is 5. The van der Waals surface area contributed by atoms with Crippen LogP contribution < -0.4 is 5.32 Å². The van der Waals surface area contributed by atoms with Gasteiger partial charge >= 0.3 is 0 Å². The van der Waals surface area contributed by atoms with E-state index in [4.69, 9.17) is 0 Å². The zero-order chi connectivity index (χ0) is 17.1. The van der Waals surface area contributed by atoms with Crippen LogP contribution in [0.1, 0.15) is 25.6 Å². The van der Waals surface area contributed by atoms with Crippen molar-refractivity contribution in [2.45, 2.75) is 32.9 Å². The molecule has 1 aromatic heterocycles. The predicted molar refractivity (Wildman–Crippen MR) is 92.2 cm³/mol. The van der Waals surface area contributed by atoms with Crippen LogP contribution in [-0.4, -0.2) is 39.4 Å². The molecule has 0 atom stereocenters. The summed E-state index contributed by atoms with van der Waals surface area (Å²) in [7, 11) is 0. The fourth-order valence-electron chi connectivity index (χ4n) is 2.95. The van der Waals surface area contributed by atoms with Crippen molar-refractivity contribution in [2.24, 2.45) is 0 Å². The number of imidazole rings is 1. The molecular formula is C18H22N4O2. The lowest BCUT2D eigenvalue weighted by molar-refractivity contribution is -0.130. The summed E-state index contributed by atoms with van der Waals surface area (Å²) in [6, 6.07) is 7.70. The first-order valence-electron chi connectivity index (χ1n) is 8.22. The first-order chi connectivity index (χ1) is 11.6. The van der Waals surface area contributed by atoms with Gasteiger partial charge in [0.15, 0.2) is 0 Å². The van der Waals surface area contributed by atoms with Crippen molar-refractivity contribution in [3.8, 4) is 0 Å². The lowest BCUT2D eigenvalue weighted by Gasteiger charge is -2.17. The maximum Gasteiger partial charge on any atom is 0.246 e. The molecule has 1 aliphatic rings. The number of likely N-dealkylation sites (tertiary alicyclic amines) is 1. The molecule has 0 saturated carbocycles. The van der Waals surface area contributed by atoms with Crippen LogP contribution in [0.15, 0.2) is 36.4 Å². The molecule has 2 amide bonds. The zero-order valence-electron chi connectivity index (χ0n) is 13.9. The number of carbonyl (C=O) groups excluding carboxylic acids is 2. The molecule has 0 spiro atoms. The second kappa shape index (κ2) is 6.86. The average Bonchev–Trinajstić information content (AvgIpc) is 3.21. The quantitative estimate of drug-likeness (QED) is 0.853. The summed E-state index contributed by atoms with van der Waals surface area (Å²) in [6.07, 6.45) is 2.13. The summed E-state index contributed by atoms with van der Waals surface area (Å²) in [5.74, 6) is 0.570.